The van der Waals surface area contributed by atoms with Gasteiger partial charge in [-0.2, -0.15) is 0 Å². The Hall–Kier alpha value is -0.900. The van der Waals surface area contributed by atoms with E-state index in [0.29, 0.717) is 0 Å². The molecule has 1 saturated heterocycles. The molecule has 0 aliphatic carbocycles. The Labute approximate surface area is 109 Å². The average Bonchev–Trinajstić information content (AvgIpc) is 2.36. The third kappa shape index (κ3) is 3.80. The molecule has 1 aliphatic rings. The lowest BCUT2D eigenvalue weighted by Crippen LogP contribution is -2.48. The van der Waals surface area contributed by atoms with Gasteiger partial charge >= 0.3 is 0 Å². The van der Waals surface area contributed by atoms with E-state index >= 15 is 0 Å². The summed E-state index contributed by atoms with van der Waals surface area (Å²) in [5, 5.41) is 10.1. The molecule has 1 N–H and O–H groups in total. The Morgan fingerprint density at radius 1 is 1.33 bits per heavy atom. The second-order valence-electron chi connectivity index (χ2n) is 5.60. The zero-order valence-electron chi connectivity index (χ0n) is 11.3. The van der Waals surface area contributed by atoms with Crippen LogP contribution >= 0.6 is 0 Å². The molecule has 18 heavy (non-hydrogen) atoms. The van der Waals surface area contributed by atoms with Crippen LogP contribution in [0.15, 0.2) is 30.3 Å². The number of nitrogens with zero attached hydrogens (tertiary/aromatic N) is 1. The van der Waals surface area contributed by atoms with E-state index in [1.165, 1.54) is 0 Å². The summed E-state index contributed by atoms with van der Waals surface area (Å²) in [6.45, 7) is 7.84. The highest BCUT2D eigenvalue weighted by molar-refractivity contribution is 5.17. The summed E-state index contributed by atoms with van der Waals surface area (Å²) in [6, 6.07) is 9.87. The number of benzene rings is 1. The van der Waals surface area contributed by atoms with Crippen LogP contribution in [-0.4, -0.2) is 41.8 Å². The Balaban J connectivity index is 1.81. The van der Waals surface area contributed by atoms with Crippen molar-refractivity contribution < 1.29 is 9.84 Å². The van der Waals surface area contributed by atoms with Crippen molar-refractivity contribution in [3.8, 4) is 0 Å². The van der Waals surface area contributed by atoms with Crippen molar-refractivity contribution >= 4 is 0 Å². The maximum atomic E-state index is 10.1. The number of aliphatic hydroxyl groups is 1. The summed E-state index contributed by atoms with van der Waals surface area (Å²) in [7, 11) is 0. The van der Waals surface area contributed by atoms with E-state index < -0.39 is 0 Å². The SMILES string of the molecule is CC1(C)CN(CCC(O)c2ccccc2)CCO1. The highest BCUT2D eigenvalue weighted by Crippen LogP contribution is 2.20. The van der Waals surface area contributed by atoms with Crippen LogP contribution in [0.4, 0.5) is 0 Å². The smallest absolute Gasteiger partial charge is 0.0802 e. The fraction of sp³-hybridized carbons (Fsp3) is 0.600. The summed E-state index contributed by atoms with van der Waals surface area (Å²) in [5.41, 5.74) is 0.945. The number of morpholine rings is 1. The molecule has 2 rings (SSSR count). The zero-order valence-corrected chi connectivity index (χ0v) is 11.3. The largest absolute Gasteiger partial charge is 0.388 e. The lowest BCUT2D eigenvalue weighted by atomic mass is 10.0. The molecule has 1 aromatic rings. The van der Waals surface area contributed by atoms with Crippen molar-refractivity contribution in [3.05, 3.63) is 35.9 Å². The van der Waals surface area contributed by atoms with E-state index in [1.54, 1.807) is 0 Å². The summed E-state index contributed by atoms with van der Waals surface area (Å²) in [4.78, 5) is 2.37. The maximum Gasteiger partial charge on any atom is 0.0802 e. The zero-order chi connectivity index (χ0) is 13.0. The summed E-state index contributed by atoms with van der Waals surface area (Å²) < 4.78 is 5.68. The first-order valence-corrected chi connectivity index (χ1v) is 6.66. The van der Waals surface area contributed by atoms with E-state index in [1.807, 2.05) is 30.3 Å². The van der Waals surface area contributed by atoms with Crippen LogP contribution in [0.2, 0.25) is 0 Å². The van der Waals surface area contributed by atoms with Gasteiger partial charge in [0.15, 0.2) is 0 Å². The van der Waals surface area contributed by atoms with Gasteiger partial charge in [-0.15, -0.1) is 0 Å². The van der Waals surface area contributed by atoms with Gasteiger partial charge in [-0.05, 0) is 25.8 Å². The molecule has 0 saturated carbocycles. The molecule has 0 aromatic heterocycles. The fourth-order valence-electron chi connectivity index (χ4n) is 2.45. The van der Waals surface area contributed by atoms with Gasteiger partial charge in [0.1, 0.15) is 0 Å². The molecule has 0 amide bonds. The van der Waals surface area contributed by atoms with E-state index in [2.05, 4.69) is 18.7 Å². The Morgan fingerprint density at radius 2 is 2.06 bits per heavy atom. The normalized spacial score (nSPS) is 21.7. The first kappa shape index (κ1) is 13.5. The van der Waals surface area contributed by atoms with Gasteiger partial charge in [0.05, 0.1) is 18.3 Å². The first-order chi connectivity index (χ1) is 8.57. The van der Waals surface area contributed by atoms with Crippen molar-refractivity contribution in [2.75, 3.05) is 26.2 Å². The lowest BCUT2D eigenvalue weighted by molar-refractivity contribution is -0.0878. The topological polar surface area (TPSA) is 32.7 Å². The Kier molecular flexibility index (Phi) is 4.38. The van der Waals surface area contributed by atoms with Crippen LogP contribution in [0.3, 0.4) is 0 Å². The van der Waals surface area contributed by atoms with E-state index in [9.17, 15) is 5.11 Å². The molecule has 0 bridgehead atoms. The molecular weight excluding hydrogens is 226 g/mol. The molecule has 100 valence electrons. The summed E-state index contributed by atoms with van der Waals surface area (Å²) in [5.74, 6) is 0. The fourth-order valence-corrected chi connectivity index (χ4v) is 2.45. The van der Waals surface area contributed by atoms with Crippen LogP contribution in [0.5, 0.6) is 0 Å². The number of ether oxygens (including phenoxy) is 1. The van der Waals surface area contributed by atoms with Gasteiger partial charge in [-0.1, -0.05) is 30.3 Å². The van der Waals surface area contributed by atoms with Crippen molar-refractivity contribution in [2.24, 2.45) is 0 Å². The number of hydrogen-bond acceptors (Lipinski definition) is 3. The van der Waals surface area contributed by atoms with Crippen molar-refractivity contribution in [1.29, 1.82) is 0 Å². The highest BCUT2D eigenvalue weighted by Gasteiger charge is 2.27. The number of hydrogen-bond donors (Lipinski definition) is 1. The minimum atomic E-state index is -0.364. The van der Waals surface area contributed by atoms with E-state index in [4.69, 9.17) is 4.74 Å². The Bertz CT molecular complexity index is 364. The van der Waals surface area contributed by atoms with Crippen LogP contribution < -0.4 is 0 Å². The molecular formula is C15H23NO2. The quantitative estimate of drug-likeness (QED) is 0.888. The minimum Gasteiger partial charge on any atom is -0.388 e. The molecule has 0 spiro atoms. The van der Waals surface area contributed by atoms with Crippen molar-refractivity contribution in [2.45, 2.75) is 32.0 Å². The second-order valence-corrected chi connectivity index (χ2v) is 5.60. The summed E-state index contributed by atoms with van der Waals surface area (Å²) >= 11 is 0. The maximum absolute atomic E-state index is 10.1. The number of aliphatic hydroxyl groups excluding tert-OH is 1. The van der Waals surface area contributed by atoms with Crippen LogP contribution in [0, 0.1) is 0 Å². The van der Waals surface area contributed by atoms with Gasteiger partial charge in [0.2, 0.25) is 0 Å². The average molecular weight is 249 g/mol. The van der Waals surface area contributed by atoms with E-state index in [0.717, 1.165) is 38.2 Å². The van der Waals surface area contributed by atoms with Gasteiger partial charge < -0.3 is 9.84 Å². The van der Waals surface area contributed by atoms with Crippen LogP contribution in [0.25, 0.3) is 0 Å². The van der Waals surface area contributed by atoms with E-state index in [-0.39, 0.29) is 11.7 Å². The predicted molar refractivity (Wildman–Crippen MR) is 72.5 cm³/mol. The molecule has 1 aromatic carbocycles. The third-order valence-corrected chi connectivity index (χ3v) is 3.41. The monoisotopic (exact) mass is 249 g/mol. The van der Waals surface area contributed by atoms with Crippen LogP contribution in [-0.2, 0) is 4.74 Å². The van der Waals surface area contributed by atoms with Gasteiger partial charge in [0.25, 0.3) is 0 Å². The lowest BCUT2D eigenvalue weighted by Gasteiger charge is -2.38. The van der Waals surface area contributed by atoms with Crippen molar-refractivity contribution in [1.82, 2.24) is 4.90 Å². The molecule has 1 aliphatic heterocycles. The molecule has 1 unspecified atom stereocenters. The van der Waals surface area contributed by atoms with Crippen molar-refractivity contribution in [3.63, 3.8) is 0 Å². The summed E-state index contributed by atoms with van der Waals surface area (Å²) in [6.07, 6.45) is 0.414. The first-order valence-electron chi connectivity index (χ1n) is 6.66. The van der Waals surface area contributed by atoms with Crippen LogP contribution in [0.1, 0.15) is 31.9 Å². The molecule has 3 heteroatoms. The molecule has 1 atom stereocenters. The molecule has 1 fully saturated rings. The van der Waals surface area contributed by atoms with Gasteiger partial charge in [-0.25, -0.2) is 0 Å². The molecule has 1 heterocycles. The van der Waals surface area contributed by atoms with Gasteiger partial charge in [-0.3, -0.25) is 4.90 Å². The second kappa shape index (κ2) is 5.83. The van der Waals surface area contributed by atoms with Gasteiger partial charge in [0, 0.05) is 19.6 Å². The Morgan fingerprint density at radius 3 is 2.72 bits per heavy atom. The molecule has 0 radical (unpaired) electrons. The molecule has 3 nitrogen and oxygen atoms in total. The third-order valence-electron chi connectivity index (χ3n) is 3.41. The standard InChI is InChI=1S/C15H23NO2/c1-15(2)12-16(10-11-18-15)9-8-14(17)13-6-4-3-5-7-13/h3-7,14,17H,8-12H2,1-2H3. The highest BCUT2D eigenvalue weighted by atomic mass is 16.5. The number of rotatable bonds is 4. The minimum absolute atomic E-state index is 0.0596. The predicted octanol–water partition coefficient (Wildman–Crippen LogP) is 2.22.